The second kappa shape index (κ2) is 9.28. The molecular formula is C21H16FN3O5. The van der Waals surface area contributed by atoms with E-state index in [0.717, 1.165) is 29.3 Å². The lowest BCUT2D eigenvalue weighted by Crippen LogP contribution is -2.43. The van der Waals surface area contributed by atoms with Crippen LogP contribution in [-0.4, -0.2) is 23.3 Å². The van der Waals surface area contributed by atoms with Crippen LogP contribution in [0, 0.1) is 15.9 Å². The lowest BCUT2D eigenvalue weighted by molar-refractivity contribution is -0.387. The van der Waals surface area contributed by atoms with E-state index < -0.39 is 28.2 Å². The number of amides is 2. The molecule has 3 aromatic rings. The van der Waals surface area contributed by atoms with Crippen molar-refractivity contribution in [2.75, 3.05) is 6.61 Å². The highest BCUT2D eigenvalue weighted by molar-refractivity contribution is 5.96. The number of nitrogens with one attached hydrogen (secondary N) is 2. The molecule has 9 heteroatoms. The predicted octanol–water partition coefficient (Wildman–Crippen LogP) is 3.24. The molecule has 0 fully saturated rings. The van der Waals surface area contributed by atoms with Crippen LogP contribution in [0.3, 0.4) is 0 Å². The minimum atomic E-state index is -1.06. The number of nitro groups is 1. The third kappa shape index (κ3) is 4.96. The molecule has 0 heterocycles. The van der Waals surface area contributed by atoms with E-state index in [0.29, 0.717) is 5.75 Å². The van der Waals surface area contributed by atoms with Gasteiger partial charge in [-0.3, -0.25) is 30.6 Å². The van der Waals surface area contributed by atoms with Crippen LogP contribution in [0.2, 0.25) is 0 Å². The normalized spacial score (nSPS) is 10.2. The second-order valence-electron chi connectivity index (χ2n) is 6.08. The van der Waals surface area contributed by atoms with Crippen LogP contribution < -0.4 is 15.6 Å². The topological polar surface area (TPSA) is 111 Å². The Hall–Kier alpha value is -4.27. The van der Waals surface area contributed by atoms with Gasteiger partial charge in [0.2, 0.25) is 5.82 Å². The summed E-state index contributed by atoms with van der Waals surface area (Å²) in [5, 5.41) is 10.8. The molecule has 0 aliphatic carbocycles. The number of carbonyl (C=O) groups is 2. The molecule has 0 spiro atoms. The van der Waals surface area contributed by atoms with Gasteiger partial charge in [-0.05, 0) is 23.8 Å². The van der Waals surface area contributed by atoms with Crippen molar-refractivity contribution in [1.82, 2.24) is 10.9 Å². The summed E-state index contributed by atoms with van der Waals surface area (Å²) < 4.78 is 18.9. The smallest absolute Gasteiger partial charge is 0.305 e. The summed E-state index contributed by atoms with van der Waals surface area (Å²) in [6, 6.07) is 19.3. The first kappa shape index (κ1) is 20.5. The molecule has 0 aliphatic rings. The van der Waals surface area contributed by atoms with Crippen molar-refractivity contribution < 1.29 is 23.6 Å². The second-order valence-corrected chi connectivity index (χ2v) is 6.08. The van der Waals surface area contributed by atoms with Gasteiger partial charge in [0.25, 0.3) is 11.8 Å². The summed E-state index contributed by atoms with van der Waals surface area (Å²) in [5.74, 6) is -2.07. The van der Waals surface area contributed by atoms with Gasteiger partial charge in [-0.15, -0.1) is 0 Å². The molecule has 0 atom stereocenters. The molecule has 0 bridgehead atoms. The average Bonchev–Trinajstić information content (AvgIpc) is 2.77. The molecule has 0 saturated carbocycles. The molecular weight excluding hydrogens is 393 g/mol. The number of carbonyl (C=O) groups excluding carboxylic acids is 2. The summed E-state index contributed by atoms with van der Waals surface area (Å²) in [6.45, 7) is -0.381. The summed E-state index contributed by atoms with van der Waals surface area (Å²) in [7, 11) is 0. The third-order valence-electron chi connectivity index (χ3n) is 4.05. The Bertz CT molecular complexity index is 1090. The monoisotopic (exact) mass is 409 g/mol. The van der Waals surface area contributed by atoms with Gasteiger partial charge in [-0.1, -0.05) is 48.5 Å². The minimum absolute atomic E-state index is 0.182. The molecule has 30 heavy (non-hydrogen) atoms. The average molecular weight is 409 g/mol. The molecule has 0 aliphatic heterocycles. The number of benzene rings is 3. The van der Waals surface area contributed by atoms with E-state index in [4.69, 9.17) is 4.74 Å². The third-order valence-corrected chi connectivity index (χ3v) is 4.05. The van der Waals surface area contributed by atoms with E-state index in [1.54, 1.807) is 12.1 Å². The summed E-state index contributed by atoms with van der Waals surface area (Å²) >= 11 is 0. The van der Waals surface area contributed by atoms with Crippen LogP contribution in [0.25, 0.3) is 11.1 Å². The van der Waals surface area contributed by atoms with Crippen LogP contribution in [-0.2, 0) is 4.79 Å². The number of nitro benzene ring substituents is 1. The van der Waals surface area contributed by atoms with Crippen molar-refractivity contribution in [2.45, 2.75) is 0 Å². The number of hydrazine groups is 1. The Labute approximate surface area is 170 Å². The van der Waals surface area contributed by atoms with Gasteiger partial charge in [0.05, 0.1) is 4.92 Å². The van der Waals surface area contributed by atoms with Gasteiger partial charge >= 0.3 is 5.69 Å². The highest BCUT2D eigenvalue weighted by Crippen LogP contribution is 2.29. The zero-order chi connectivity index (χ0) is 21.5. The Morgan fingerprint density at radius 3 is 2.40 bits per heavy atom. The zero-order valence-corrected chi connectivity index (χ0v) is 15.5. The highest BCUT2D eigenvalue weighted by atomic mass is 19.1. The standard InChI is InChI=1S/C21H16FN3O5/c22-17-11-10-15(12-18(17)25(28)29)21(27)24-23-20(26)13-30-19-9-5-4-8-16(19)14-6-2-1-3-7-14/h1-12H,13H2,(H,23,26)(H,24,27). The fraction of sp³-hybridized carbons (Fsp3) is 0.0476. The molecule has 3 rings (SSSR count). The zero-order valence-electron chi connectivity index (χ0n) is 15.5. The number of hydrogen-bond acceptors (Lipinski definition) is 5. The predicted molar refractivity (Wildman–Crippen MR) is 106 cm³/mol. The van der Waals surface area contributed by atoms with E-state index in [1.165, 1.54) is 0 Å². The lowest BCUT2D eigenvalue weighted by Gasteiger charge is -2.12. The fourth-order valence-corrected chi connectivity index (χ4v) is 2.62. The maximum absolute atomic E-state index is 13.4. The minimum Gasteiger partial charge on any atom is -0.483 e. The maximum atomic E-state index is 13.4. The van der Waals surface area contributed by atoms with Crippen LogP contribution in [0.1, 0.15) is 10.4 Å². The van der Waals surface area contributed by atoms with Crippen molar-refractivity contribution >= 4 is 17.5 Å². The number of ether oxygens (including phenoxy) is 1. The van der Waals surface area contributed by atoms with Crippen molar-refractivity contribution in [3.63, 3.8) is 0 Å². The number of rotatable bonds is 6. The van der Waals surface area contributed by atoms with Crippen LogP contribution in [0.5, 0.6) is 5.75 Å². The van der Waals surface area contributed by atoms with Crippen LogP contribution >= 0.6 is 0 Å². The molecule has 0 saturated heterocycles. The maximum Gasteiger partial charge on any atom is 0.305 e. The number of nitrogens with zero attached hydrogens (tertiary/aromatic N) is 1. The highest BCUT2D eigenvalue weighted by Gasteiger charge is 2.18. The van der Waals surface area contributed by atoms with E-state index in [-0.39, 0.29) is 12.2 Å². The van der Waals surface area contributed by atoms with Gasteiger partial charge in [0.15, 0.2) is 6.61 Å². The molecule has 0 aromatic heterocycles. The molecule has 2 N–H and O–H groups in total. The Balaban J connectivity index is 1.58. The summed E-state index contributed by atoms with van der Waals surface area (Å²) in [6.07, 6.45) is 0. The Morgan fingerprint density at radius 2 is 1.67 bits per heavy atom. The largest absolute Gasteiger partial charge is 0.483 e. The summed E-state index contributed by atoms with van der Waals surface area (Å²) in [4.78, 5) is 33.9. The number of para-hydroxylation sites is 1. The van der Waals surface area contributed by atoms with Crippen molar-refractivity contribution in [3.8, 4) is 16.9 Å². The van der Waals surface area contributed by atoms with Gasteiger partial charge in [-0.2, -0.15) is 4.39 Å². The first-order valence-electron chi connectivity index (χ1n) is 8.76. The molecule has 2 amide bonds. The first-order valence-corrected chi connectivity index (χ1v) is 8.76. The van der Waals surface area contributed by atoms with Gasteiger partial charge < -0.3 is 4.74 Å². The van der Waals surface area contributed by atoms with E-state index in [9.17, 15) is 24.1 Å². The molecule has 0 unspecified atom stereocenters. The van der Waals surface area contributed by atoms with E-state index in [2.05, 4.69) is 10.9 Å². The van der Waals surface area contributed by atoms with Crippen LogP contribution in [0.4, 0.5) is 10.1 Å². The SMILES string of the molecule is O=C(COc1ccccc1-c1ccccc1)NNC(=O)c1ccc(F)c([N+](=O)[O-])c1. The summed E-state index contributed by atoms with van der Waals surface area (Å²) in [5.41, 5.74) is 4.95. The van der Waals surface area contributed by atoms with E-state index in [1.807, 2.05) is 42.5 Å². The van der Waals surface area contributed by atoms with Gasteiger partial charge in [0, 0.05) is 17.2 Å². The first-order chi connectivity index (χ1) is 14.5. The van der Waals surface area contributed by atoms with Crippen molar-refractivity contribution in [1.29, 1.82) is 0 Å². The molecule has 3 aromatic carbocycles. The Morgan fingerprint density at radius 1 is 0.967 bits per heavy atom. The lowest BCUT2D eigenvalue weighted by atomic mass is 10.1. The quantitative estimate of drug-likeness (QED) is 0.480. The number of hydrogen-bond donors (Lipinski definition) is 2. The van der Waals surface area contributed by atoms with Gasteiger partial charge in [0.1, 0.15) is 5.75 Å². The van der Waals surface area contributed by atoms with Gasteiger partial charge in [-0.25, -0.2) is 0 Å². The van der Waals surface area contributed by atoms with Crippen LogP contribution in [0.15, 0.2) is 72.8 Å². The molecule has 8 nitrogen and oxygen atoms in total. The van der Waals surface area contributed by atoms with E-state index >= 15 is 0 Å². The van der Waals surface area contributed by atoms with Crippen molar-refractivity contribution in [3.05, 3.63) is 94.3 Å². The molecule has 152 valence electrons. The fourth-order valence-electron chi connectivity index (χ4n) is 2.62. The molecule has 0 radical (unpaired) electrons. The Kier molecular flexibility index (Phi) is 6.33. The van der Waals surface area contributed by atoms with Crippen molar-refractivity contribution in [2.24, 2.45) is 0 Å². The number of halogens is 1.